The fraction of sp³-hybridized carbons (Fsp3) is 0.405. The summed E-state index contributed by atoms with van der Waals surface area (Å²) >= 11 is 0. The number of hydrogen-bond acceptors (Lipinski definition) is 9. The van der Waals surface area contributed by atoms with Crippen LogP contribution in [0.15, 0.2) is 87.3 Å². The summed E-state index contributed by atoms with van der Waals surface area (Å²) in [4.78, 5) is 16.7. The number of hydrogen-bond donors (Lipinski definition) is 0. The van der Waals surface area contributed by atoms with E-state index >= 15 is 0 Å². The van der Waals surface area contributed by atoms with Crippen LogP contribution in [0.25, 0.3) is 6.08 Å². The second-order valence-corrected chi connectivity index (χ2v) is 11.2. The Morgan fingerprint density at radius 3 is 1.83 bits per heavy atom. The van der Waals surface area contributed by atoms with Crippen LogP contribution in [0, 0.1) is 34.0 Å². The van der Waals surface area contributed by atoms with Crippen molar-refractivity contribution in [2.24, 2.45) is 10.2 Å². The molecule has 10 nitrogen and oxygen atoms in total. The number of unbranched alkanes of at least 4 members (excludes halogenated alkanes) is 2. The van der Waals surface area contributed by atoms with Crippen LogP contribution in [0.2, 0.25) is 0 Å². The van der Waals surface area contributed by atoms with Crippen molar-refractivity contribution in [2.45, 2.75) is 59.4 Å². The highest BCUT2D eigenvalue weighted by atomic mass is 16.5. The number of rotatable bonds is 18. The lowest BCUT2D eigenvalue weighted by molar-refractivity contribution is -0.125. The van der Waals surface area contributed by atoms with Crippen molar-refractivity contribution in [3.05, 3.63) is 82.6 Å². The van der Waals surface area contributed by atoms with E-state index in [1.165, 1.54) is 4.90 Å². The van der Waals surface area contributed by atoms with E-state index in [2.05, 4.69) is 29.0 Å². The Balaban J connectivity index is 1.68. The highest BCUT2D eigenvalue weighted by Gasteiger charge is 2.37. The van der Waals surface area contributed by atoms with Gasteiger partial charge in [-0.25, -0.2) is 0 Å². The molecule has 0 fully saturated rings. The normalized spacial score (nSPS) is 13.1. The van der Waals surface area contributed by atoms with Gasteiger partial charge >= 0.3 is 0 Å². The first-order chi connectivity index (χ1) is 22.9. The number of anilines is 1. The van der Waals surface area contributed by atoms with Crippen LogP contribution < -0.4 is 4.90 Å². The largest absolute Gasteiger partial charge is 0.380 e. The van der Waals surface area contributed by atoms with Crippen LogP contribution >= 0.6 is 0 Å². The highest BCUT2D eigenvalue weighted by Crippen LogP contribution is 2.34. The smallest absolute Gasteiger partial charge is 0.260 e. The first kappa shape index (κ1) is 36.4. The van der Waals surface area contributed by atoms with Crippen molar-refractivity contribution in [3.8, 4) is 18.2 Å². The summed E-state index contributed by atoms with van der Waals surface area (Å²) in [6.07, 6.45) is 7.61. The molecule has 1 aliphatic rings. The average molecular weight is 634 g/mol. The van der Waals surface area contributed by atoms with Crippen LogP contribution in [-0.2, 0) is 14.3 Å². The third-order valence-corrected chi connectivity index (χ3v) is 7.41. The van der Waals surface area contributed by atoms with Gasteiger partial charge in [-0.2, -0.15) is 26.0 Å². The first-order valence-corrected chi connectivity index (χ1v) is 16.1. The SMILES string of the molecule is CCCCOCCN(CCOCCCC)c1ccc(/N=N/c2ccc(/C=C/C3=C(C#N)C(=C(C#N)C#N)N(C(C)C)C3=O)cc2)cc1. The Bertz CT molecular complexity index is 1550. The zero-order chi connectivity index (χ0) is 34.0. The number of carbonyl (C=O) groups excluding carboxylic acids is 1. The van der Waals surface area contributed by atoms with E-state index in [0.29, 0.717) is 18.9 Å². The maximum atomic E-state index is 13.2. The monoisotopic (exact) mass is 633 g/mol. The molecule has 244 valence electrons. The number of azo groups is 1. The maximum absolute atomic E-state index is 13.2. The molecule has 0 atom stereocenters. The molecule has 1 aliphatic heterocycles. The second kappa shape index (κ2) is 19.4. The minimum absolute atomic E-state index is 0.0122. The zero-order valence-corrected chi connectivity index (χ0v) is 27.8. The quantitative estimate of drug-likeness (QED) is 0.0923. The van der Waals surface area contributed by atoms with Crippen molar-refractivity contribution in [1.29, 1.82) is 15.8 Å². The standard InChI is InChI=1S/C37H43N7O3/c1-5-7-21-46-23-19-43(20-24-47-22-8-6-2)33-16-14-32(15-17-33)42-41-31-12-9-29(10-13-31)11-18-34-35(27-40)36(30(25-38)26-39)44(28(3)4)37(34)45/h9-18,28H,5-8,19-24H2,1-4H3/b18-11+,42-41+. The highest BCUT2D eigenvalue weighted by molar-refractivity contribution is 6.05. The molecule has 0 spiro atoms. The van der Waals surface area contributed by atoms with Crippen LogP contribution in [0.1, 0.15) is 58.9 Å². The fourth-order valence-electron chi connectivity index (χ4n) is 4.82. The number of amides is 1. The van der Waals surface area contributed by atoms with Crippen molar-refractivity contribution in [1.82, 2.24) is 4.90 Å². The van der Waals surface area contributed by atoms with Gasteiger partial charge in [0.2, 0.25) is 0 Å². The summed E-state index contributed by atoms with van der Waals surface area (Å²) in [6.45, 7) is 12.3. The van der Waals surface area contributed by atoms with Gasteiger partial charge in [0.1, 0.15) is 18.2 Å². The topological polar surface area (TPSA) is 138 Å². The summed E-state index contributed by atoms with van der Waals surface area (Å²) < 4.78 is 11.6. The molecule has 0 aromatic heterocycles. The Hall–Kier alpha value is -5.08. The molecule has 3 rings (SSSR count). The molecule has 2 aromatic carbocycles. The second-order valence-electron chi connectivity index (χ2n) is 11.2. The maximum Gasteiger partial charge on any atom is 0.260 e. The van der Waals surface area contributed by atoms with Crippen LogP contribution in [0.3, 0.4) is 0 Å². The molecule has 47 heavy (non-hydrogen) atoms. The summed E-state index contributed by atoms with van der Waals surface area (Å²) in [5.41, 5.74) is 3.16. The molecule has 0 aliphatic carbocycles. The van der Waals surface area contributed by atoms with E-state index in [1.54, 1.807) is 38.1 Å². The average Bonchev–Trinajstić information content (AvgIpc) is 3.37. The summed E-state index contributed by atoms with van der Waals surface area (Å²) in [6, 6.07) is 20.5. The van der Waals surface area contributed by atoms with E-state index < -0.39 is 5.91 Å². The van der Waals surface area contributed by atoms with Crippen LogP contribution in [0.5, 0.6) is 0 Å². The Morgan fingerprint density at radius 2 is 1.36 bits per heavy atom. The van der Waals surface area contributed by atoms with E-state index in [1.807, 2.05) is 54.6 Å². The van der Waals surface area contributed by atoms with Crippen molar-refractivity contribution in [2.75, 3.05) is 44.4 Å². The predicted octanol–water partition coefficient (Wildman–Crippen LogP) is 7.93. The minimum Gasteiger partial charge on any atom is -0.380 e. The molecule has 0 saturated carbocycles. The van der Waals surface area contributed by atoms with E-state index in [4.69, 9.17) is 9.47 Å². The Kier molecular flexibility index (Phi) is 15.0. The fourth-order valence-corrected chi connectivity index (χ4v) is 4.82. The number of carbonyl (C=O) groups is 1. The van der Waals surface area contributed by atoms with Gasteiger partial charge in [0.05, 0.1) is 41.4 Å². The number of ether oxygens (including phenoxy) is 2. The van der Waals surface area contributed by atoms with Gasteiger partial charge in [-0.05, 0) is 74.7 Å². The third kappa shape index (κ3) is 10.5. The molecule has 2 aromatic rings. The molecule has 0 bridgehead atoms. The van der Waals surface area contributed by atoms with E-state index in [9.17, 15) is 20.6 Å². The number of allylic oxidation sites excluding steroid dienone is 2. The Labute approximate surface area is 278 Å². The van der Waals surface area contributed by atoms with E-state index in [0.717, 1.165) is 68.9 Å². The molecule has 0 saturated heterocycles. The molecular formula is C37H43N7O3. The third-order valence-electron chi connectivity index (χ3n) is 7.41. The van der Waals surface area contributed by atoms with Gasteiger partial charge in [0.15, 0.2) is 5.57 Å². The molecule has 1 amide bonds. The molecule has 1 heterocycles. The molecular weight excluding hydrogens is 590 g/mol. The van der Waals surface area contributed by atoms with Gasteiger partial charge in [-0.1, -0.05) is 44.9 Å². The molecule has 0 unspecified atom stereocenters. The minimum atomic E-state index is -0.425. The van der Waals surface area contributed by atoms with Crippen molar-refractivity contribution >= 4 is 29.0 Å². The summed E-state index contributed by atoms with van der Waals surface area (Å²) in [5, 5.41) is 37.4. The first-order valence-electron chi connectivity index (χ1n) is 16.1. The van der Waals surface area contributed by atoms with Gasteiger partial charge in [0.25, 0.3) is 5.91 Å². The number of nitriles is 3. The summed E-state index contributed by atoms with van der Waals surface area (Å²) in [5.74, 6) is -0.425. The van der Waals surface area contributed by atoms with Gasteiger partial charge in [0, 0.05) is 38.0 Å². The van der Waals surface area contributed by atoms with Crippen LogP contribution in [0.4, 0.5) is 17.1 Å². The molecule has 0 radical (unpaired) electrons. The number of benzene rings is 2. The van der Waals surface area contributed by atoms with Crippen LogP contribution in [-0.4, -0.2) is 56.4 Å². The molecule has 0 N–H and O–H groups in total. The van der Waals surface area contributed by atoms with Gasteiger partial charge in [-0.15, -0.1) is 0 Å². The van der Waals surface area contributed by atoms with Crippen molar-refractivity contribution < 1.29 is 14.3 Å². The zero-order valence-electron chi connectivity index (χ0n) is 27.8. The number of nitrogens with zero attached hydrogens (tertiary/aromatic N) is 7. The lowest BCUT2D eigenvalue weighted by atomic mass is 10.1. The van der Waals surface area contributed by atoms with Gasteiger partial charge < -0.3 is 19.3 Å². The lowest BCUT2D eigenvalue weighted by Crippen LogP contribution is -2.33. The van der Waals surface area contributed by atoms with Gasteiger partial charge in [-0.3, -0.25) is 4.79 Å². The lowest BCUT2D eigenvalue weighted by Gasteiger charge is -2.25. The summed E-state index contributed by atoms with van der Waals surface area (Å²) in [7, 11) is 0. The Morgan fingerprint density at radius 1 is 0.830 bits per heavy atom. The van der Waals surface area contributed by atoms with Crippen molar-refractivity contribution in [3.63, 3.8) is 0 Å². The van der Waals surface area contributed by atoms with E-state index in [-0.39, 0.29) is 28.5 Å². The predicted molar refractivity (Wildman–Crippen MR) is 183 cm³/mol. The molecule has 10 heteroatoms.